The molecule has 9 heteroatoms. The summed E-state index contributed by atoms with van der Waals surface area (Å²) in [7, 11) is 0. The molecule has 0 radical (unpaired) electrons. The van der Waals surface area contributed by atoms with E-state index < -0.39 is 0 Å². The lowest BCUT2D eigenvalue weighted by molar-refractivity contribution is 0.111. The van der Waals surface area contributed by atoms with Crippen molar-refractivity contribution in [1.29, 1.82) is 0 Å². The highest BCUT2D eigenvalue weighted by atomic mass is 35.5. The Labute approximate surface area is 185 Å². The Morgan fingerprint density at radius 2 is 1.90 bits per heavy atom. The van der Waals surface area contributed by atoms with Crippen molar-refractivity contribution in [3.05, 3.63) is 71.9 Å². The van der Waals surface area contributed by atoms with Crippen LogP contribution in [0.4, 0.5) is 10.5 Å². The number of urea groups is 1. The van der Waals surface area contributed by atoms with E-state index in [0.717, 1.165) is 11.3 Å². The van der Waals surface area contributed by atoms with Crippen molar-refractivity contribution >= 4 is 23.3 Å². The van der Waals surface area contributed by atoms with Gasteiger partial charge in [-0.1, -0.05) is 17.7 Å². The van der Waals surface area contributed by atoms with Gasteiger partial charge < -0.3 is 19.7 Å². The number of anilines is 1. The SMILES string of the molecule is O=C(Nc1ccc(OCc2cccnc2)cc1)N1CCC(Oc2cncc(Cl)n2)CC1. The van der Waals surface area contributed by atoms with E-state index in [1.807, 2.05) is 36.4 Å². The predicted molar refractivity (Wildman–Crippen MR) is 116 cm³/mol. The van der Waals surface area contributed by atoms with E-state index in [1.165, 1.54) is 12.4 Å². The molecule has 3 heterocycles. The molecule has 160 valence electrons. The number of halogens is 1. The second-order valence-electron chi connectivity index (χ2n) is 7.09. The summed E-state index contributed by atoms with van der Waals surface area (Å²) in [6, 6.07) is 11.0. The molecule has 1 aromatic carbocycles. The lowest BCUT2D eigenvalue weighted by Crippen LogP contribution is -2.43. The standard InChI is InChI=1S/C22H22ClN5O3/c23-20-13-25-14-21(27-20)31-19-7-10-28(11-8-19)22(29)26-17-3-5-18(6-4-17)30-15-16-2-1-9-24-12-16/h1-6,9,12-14,19H,7-8,10-11,15H2,(H,26,29). The number of rotatable bonds is 6. The van der Waals surface area contributed by atoms with Gasteiger partial charge in [-0.3, -0.25) is 9.97 Å². The third-order valence-electron chi connectivity index (χ3n) is 4.83. The van der Waals surface area contributed by atoms with Gasteiger partial charge >= 0.3 is 6.03 Å². The number of benzene rings is 1. The zero-order valence-electron chi connectivity index (χ0n) is 16.8. The van der Waals surface area contributed by atoms with Gasteiger partial charge in [-0.2, -0.15) is 4.98 Å². The van der Waals surface area contributed by atoms with Crippen molar-refractivity contribution in [2.75, 3.05) is 18.4 Å². The fraction of sp³-hybridized carbons (Fsp3) is 0.273. The molecule has 2 amide bonds. The Bertz CT molecular complexity index is 996. The number of carbonyl (C=O) groups is 1. The Morgan fingerprint density at radius 1 is 1.10 bits per heavy atom. The van der Waals surface area contributed by atoms with Crippen LogP contribution in [0, 0.1) is 0 Å². The largest absolute Gasteiger partial charge is 0.489 e. The highest BCUT2D eigenvalue weighted by molar-refractivity contribution is 6.29. The van der Waals surface area contributed by atoms with E-state index >= 15 is 0 Å². The summed E-state index contributed by atoms with van der Waals surface area (Å²) in [4.78, 5) is 26.5. The van der Waals surface area contributed by atoms with E-state index in [0.29, 0.717) is 49.3 Å². The van der Waals surface area contributed by atoms with Gasteiger partial charge in [-0.05, 0) is 30.3 Å². The third-order valence-corrected chi connectivity index (χ3v) is 5.02. The number of aromatic nitrogens is 3. The number of nitrogens with one attached hydrogen (secondary N) is 1. The van der Waals surface area contributed by atoms with Crippen LogP contribution in [0.5, 0.6) is 11.6 Å². The van der Waals surface area contributed by atoms with Gasteiger partial charge in [0.2, 0.25) is 5.88 Å². The number of hydrogen-bond donors (Lipinski definition) is 1. The average Bonchev–Trinajstić information content (AvgIpc) is 2.80. The second-order valence-corrected chi connectivity index (χ2v) is 7.48. The van der Waals surface area contributed by atoms with Gasteiger partial charge in [-0.25, -0.2) is 4.79 Å². The number of hydrogen-bond acceptors (Lipinski definition) is 6. The van der Waals surface area contributed by atoms with Gasteiger partial charge in [-0.15, -0.1) is 0 Å². The number of ether oxygens (including phenoxy) is 2. The molecule has 4 rings (SSSR count). The molecule has 2 aromatic heterocycles. The summed E-state index contributed by atoms with van der Waals surface area (Å²) in [5.74, 6) is 1.13. The van der Waals surface area contributed by atoms with Crippen LogP contribution in [0.25, 0.3) is 0 Å². The van der Waals surface area contributed by atoms with E-state index in [-0.39, 0.29) is 12.1 Å². The van der Waals surface area contributed by atoms with Crippen LogP contribution in [0.15, 0.2) is 61.2 Å². The first-order valence-corrected chi connectivity index (χ1v) is 10.4. The van der Waals surface area contributed by atoms with Gasteiger partial charge in [0, 0.05) is 49.6 Å². The Morgan fingerprint density at radius 3 is 2.61 bits per heavy atom. The van der Waals surface area contributed by atoms with Crippen molar-refractivity contribution < 1.29 is 14.3 Å². The van der Waals surface area contributed by atoms with Gasteiger partial charge in [0.1, 0.15) is 18.5 Å². The van der Waals surface area contributed by atoms with Crippen LogP contribution < -0.4 is 14.8 Å². The van der Waals surface area contributed by atoms with Crippen molar-refractivity contribution in [3.8, 4) is 11.6 Å². The van der Waals surface area contributed by atoms with Crippen molar-refractivity contribution in [2.24, 2.45) is 0 Å². The molecule has 0 atom stereocenters. The fourth-order valence-corrected chi connectivity index (χ4v) is 3.36. The van der Waals surface area contributed by atoms with Gasteiger partial charge in [0.15, 0.2) is 5.15 Å². The number of pyridine rings is 1. The molecule has 0 bridgehead atoms. The first-order chi connectivity index (χ1) is 15.2. The first-order valence-electron chi connectivity index (χ1n) is 9.97. The summed E-state index contributed by atoms with van der Waals surface area (Å²) in [5.41, 5.74) is 1.71. The third kappa shape index (κ3) is 6.05. The van der Waals surface area contributed by atoms with Crippen molar-refractivity contribution in [3.63, 3.8) is 0 Å². The minimum absolute atomic E-state index is 0.0203. The van der Waals surface area contributed by atoms with Crippen molar-refractivity contribution in [2.45, 2.75) is 25.6 Å². The average molecular weight is 440 g/mol. The molecule has 0 saturated carbocycles. The Kier molecular flexibility index (Phi) is 6.78. The zero-order valence-corrected chi connectivity index (χ0v) is 17.5. The van der Waals surface area contributed by atoms with E-state index in [9.17, 15) is 4.79 Å². The monoisotopic (exact) mass is 439 g/mol. The predicted octanol–water partition coefficient (Wildman–Crippen LogP) is 4.18. The number of nitrogens with zero attached hydrogens (tertiary/aromatic N) is 4. The van der Waals surface area contributed by atoms with Gasteiger partial charge in [0.25, 0.3) is 0 Å². The smallest absolute Gasteiger partial charge is 0.321 e. The normalized spacial score (nSPS) is 14.2. The lowest BCUT2D eigenvalue weighted by atomic mass is 10.1. The van der Waals surface area contributed by atoms with E-state index in [4.69, 9.17) is 21.1 Å². The van der Waals surface area contributed by atoms with Crippen LogP contribution in [0.2, 0.25) is 5.15 Å². The molecule has 1 saturated heterocycles. The van der Waals surface area contributed by atoms with Crippen LogP contribution in [-0.4, -0.2) is 45.1 Å². The number of amides is 2. The summed E-state index contributed by atoms with van der Waals surface area (Å²) in [6.07, 6.45) is 7.89. The molecule has 0 unspecified atom stereocenters. The second kappa shape index (κ2) is 10.1. The number of likely N-dealkylation sites (tertiary alicyclic amines) is 1. The van der Waals surface area contributed by atoms with Crippen LogP contribution in [0.1, 0.15) is 18.4 Å². The van der Waals surface area contributed by atoms with Crippen LogP contribution >= 0.6 is 11.6 Å². The van der Waals surface area contributed by atoms with Crippen molar-refractivity contribution in [1.82, 2.24) is 19.9 Å². The van der Waals surface area contributed by atoms with Crippen LogP contribution in [-0.2, 0) is 6.61 Å². The lowest BCUT2D eigenvalue weighted by Gasteiger charge is -2.31. The number of piperidine rings is 1. The molecule has 1 fully saturated rings. The summed E-state index contributed by atoms with van der Waals surface area (Å²) < 4.78 is 11.6. The summed E-state index contributed by atoms with van der Waals surface area (Å²) in [6.45, 7) is 1.63. The summed E-state index contributed by atoms with van der Waals surface area (Å²) >= 11 is 5.83. The molecule has 3 aromatic rings. The highest BCUT2D eigenvalue weighted by Crippen LogP contribution is 2.20. The molecule has 0 spiro atoms. The molecule has 0 aliphatic carbocycles. The summed E-state index contributed by atoms with van der Waals surface area (Å²) in [5, 5.41) is 3.22. The molecular formula is C22H22ClN5O3. The Balaban J connectivity index is 1.22. The molecule has 1 aliphatic rings. The molecular weight excluding hydrogens is 418 g/mol. The molecule has 8 nitrogen and oxygen atoms in total. The Hall–Kier alpha value is -3.39. The fourth-order valence-electron chi connectivity index (χ4n) is 3.22. The molecule has 1 aliphatic heterocycles. The van der Waals surface area contributed by atoms with E-state index in [2.05, 4.69) is 20.3 Å². The molecule has 1 N–H and O–H groups in total. The minimum Gasteiger partial charge on any atom is -0.489 e. The minimum atomic E-state index is -0.134. The van der Waals surface area contributed by atoms with Gasteiger partial charge in [0.05, 0.1) is 12.4 Å². The van der Waals surface area contributed by atoms with E-state index in [1.54, 1.807) is 17.3 Å². The maximum absolute atomic E-state index is 12.6. The van der Waals surface area contributed by atoms with Crippen LogP contribution in [0.3, 0.4) is 0 Å². The topological polar surface area (TPSA) is 89.5 Å². The maximum atomic E-state index is 12.6. The highest BCUT2D eigenvalue weighted by Gasteiger charge is 2.24. The quantitative estimate of drug-likeness (QED) is 0.619. The molecule has 31 heavy (non-hydrogen) atoms. The zero-order chi connectivity index (χ0) is 21.5. The maximum Gasteiger partial charge on any atom is 0.321 e. The first kappa shape index (κ1) is 20.9. The number of carbonyl (C=O) groups excluding carboxylic acids is 1.